The Morgan fingerprint density at radius 1 is 1.00 bits per heavy atom. The number of hydrogen-bond donors (Lipinski definition) is 1. The van der Waals surface area contributed by atoms with E-state index in [1.807, 2.05) is 23.6 Å². The van der Waals surface area contributed by atoms with Gasteiger partial charge in [-0.2, -0.15) is 0 Å². The molecule has 0 aliphatic rings. The number of nitrogens with two attached hydrogens (primary N) is 1. The van der Waals surface area contributed by atoms with Crippen molar-refractivity contribution in [3.05, 3.63) is 52.9 Å². The summed E-state index contributed by atoms with van der Waals surface area (Å²) in [5, 5.41) is 2.03. The van der Waals surface area contributed by atoms with Gasteiger partial charge in [0, 0.05) is 5.56 Å². The first-order valence-corrected chi connectivity index (χ1v) is 7.27. The summed E-state index contributed by atoms with van der Waals surface area (Å²) in [7, 11) is 0. The van der Waals surface area contributed by atoms with Gasteiger partial charge in [-0.3, -0.25) is 0 Å². The number of hydrogen-bond acceptors (Lipinski definition) is 4. The van der Waals surface area contributed by atoms with Gasteiger partial charge in [-0.05, 0) is 36.9 Å². The second-order valence-corrected chi connectivity index (χ2v) is 5.74. The number of nitrogen functional groups attached to an aromatic ring is 1. The number of aryl methyl sites for hydroxylation is 2. The van der Waals surface area contributed by atoms with E-state index in [0.717, 1.165) is 21.8 Å². The van der Waals surface area contributed by atoms with Gasteiger partial charge in [0.15, 0.2) is 0 Å². The van der Waals surface area contributed by atoms with Crippen LogP contribution in [0, 0.1) is 13.8 Å². The molecule has 0 bridgehead atoms. The summed E-state index contributed by atoms with van der Waals surface area (Å²) in [6, 6.07) is 12.4. The lowest BCUT2D eigenvalue weighted by Crippen LogP contribution is -1.99. The van der Waals surface area contributed by atoms with Crippen molar-refractivity contribution in [1.29, 1.82) is 0 Å². The highest BCUT2D eigenvalue weighted by molar-refractivity contribution is 7.13. The van der Waals surface area contributed by atoms with Crippen LogP contribution < -0.4 is 5.73 Å². The van der Waals surface area contributed by atoms with Crippen LogP contribution in [0.1, 0.15) is 11.1 Å². The Balaban J connectivity index is 2.14. The van der Waals surface area contributed by atoms with Crippen molar-refractivity contribution in [2.75, 3.05) is 5.73 Å². The van der Waals surface area contributed by atoms with Crippen LogP contribution in [-0.4, -0.2) is 9.97 Å². The summed E-state index contributed by atoms with van der Waals surface area (Å²) < 4.78 is 0. The molecule has 3 aromatic rings. The van der Waals surface area contributed by atoms with Crippen molar-refractivity contribution < 1.29 is 0 Å². The van der Waals surface area contributed by atoms with Gasteiger partial charge in [0.25, 0.3) is 0 Å². The Morgan fingerprint density at radius 3 is 2.50 bits per heavy atom. The van der Waals surface area contributed by atoms with Crippen LogP contribution in [0.5, 0.6) is 0 Å². The number of thiophene rings is 1. The van der Waals surface area contributed by atoms with Gasteiger partial charge >= 0.3 is 0 Å². The molecule has 0 saturated carbocycles. The lowest BCUT2D eigenvalue weighted by molar-refractivity contribution is 1.19. The molecule has 0 aliphatic carbocycles. The first-order valence-electron chi connectivity index (χ1n) is 6.39. The second kappa shape index (κ2) is 5.06. The van der Waals surface area contributed by atoms with Gasteiger partial charge in [-0.1, -0.05) is 29.8 Å². The number of nitrogens with zero attached hydrogens (tertiary/aromatic N) is 2. The number of anilines is 1. The molecular weight excluding hydrogens is 266 g/mol. The van der Waals surface area contributed by atoms with E-state index < -0.39 is 0 Å². The van der Waals surface area contributed by atoms with Gasteiger partial charge in [-0.25, -0.2) is 9.97 Å². The fourth-order valence-corrected chi connectivity index (χ4v) is 2.94. The standard InChI is InChI=1S/C16H15N3S/c1-10-5-6-12(11(2)8-10)13-9-14(19-16(17)18-13)15-4-3-7-20-15/h3-9H,1-2H3,(H2,17,18,19). The van der Waals surface area contributed by atoms with Gasteiger partial charge in [0.05, 0.1) is 16.3 Å². The van der Waals surface area contributed by atoms with Crippen LogP contribution in [0.4, 0.5) is 5.95 Å². The molecule has 0 atom stereocenters. The normalized spacial score (nSPS) is 10.7. The number of benzene rings is 1. The SMILES string of the molecule is Cc1ccc(-c2cc(-c3cccs3)nc(N)n2)c(C)c1. The van der Waals surface area contributed by atoms with E-state index in [2.05, 4.69) is 42.0 Å². The van der Waals surface area contributed by atoms with Crippen LogP contribution in [-0.2, 0) is 0 Å². The smallest absolute Gasteiger partial charge is 0.221 e. The molecule has 3 rings (SSSR count). The zero-order valence-corrected chi connectivity index (χ0v) is 12.2. The first kappa shape index (κ1) is 12.8. The van der Waals surface area contributed by atoms with Gasteiger partial charge in [0.1, 0.15) is 0 Å². The topological polar surface area (TPSA) is 51.8 Å². The average molecular weight is 281 g/mol. The van der Waals surface area contributed by atoms with Crippen LogP contribution in [0.25, 0.3) is 21.8 Å². The Hall–Kier alpha value is -2.20. The van der Waals surface area contributed by atoms with Crippen LogP contribution >= 0.6 is 11.3 Å². The molecule has 2 aromatic heterocycles. The van der Waals surface area contributed by atoms with Crippen molar-refractivity contribution in [2.24, 2.45) is 0 Å². The molecule has 1 aromatic carbocycles. The van der Waals surface area contributed by atoms with Crippen molar-refractivity contribution >= 4 is 17.3 Å². The maximum absolute atomic E-state index is 5.87. The minimum absolute atomic E-state index is 0.311. The minimum Gasteiger partial charge on any atom is -0.368 e. The third-order valence-electron chi connectivity index (χ3n) is 3.17. The Labute approximate surface area is 122 Å². The molecule has 2 N–H and O–H groups in total. The monoisotopic (exact) mass is 281 g/mol. The minimum atomic E-state index is 0.311. The summed E-state index contributed by atoms with van der Waals surface area (Å²) in [6.07, 6.45) is 0. The van der Waals surface area contributed by atoms with Crippen LogP contribution in [0.2, 0.25) is 0 Å². The van der Waals surface area contributed by atoms with Gasteiger partial charge in [0.2, 0.25) is 5.95 Å². The maximum Gasteiger partial charge on any atom is 0.221 e. The molecule has 4 heteroatoms. The molecule has 0 fully saturated rings. The number of aromatic nitrogens is 2. The van der Waals surface area contributed by atoms with E-state index in [1.54, 1.807) is 11.3 Å². The average Bonchev–Trinajstić information content (AvgIpc) is 2.91. The number of rotatable bonds is 2. The molecule has 0 amide bonds. The molecule has 0 radical (unpaired) electrons. The predicted octanol–water partition coefficient (Wildman–Crippen LogP) is 4.07. The highest BCUT2D eigenvalue weighted by Gasteiger charge is 2.09. The quantitative estimate of drug-likeness (QED) is 0.770. The van der Waals surface area contributed by atoms with Crippen LogP contribution in [0.15, 0.2) is 41.8 Å². The lowest BCUT2D eigenvalue weighted by Gasteiger charge is -2.08. The van der Waals surface area contributed by atoms with Gasteiger partial charge < -0.3 is 5.73 Å². The zero-order chi connectivity index (χ0) is 14.1. The zero-order valence-electron chi connectivity index (χ0n) is 11.4. The fraction of sp³-hybridized carbons (Fsp3) is 0.125. The Morgan fingerprint density at radius 2 is 1.80 bits per heavy atom. The maximum atomic E-state index is 5.87. The molecule has 100 valence electrons. The van der Waals surface area contributed by atoms with Crippen molar-refractivity contribution in [3.63, 3.8) is 0 Å². The van der Waals surface area contributed by atoms with E-state index in [1.165, 1.54) is 11.1 Å². The molecule has 0 aliphatic heterocycles. The summed E-state index contributed by atoms with van der Waals surface area (Å²) >= 11 is 1.65. The second-order valence-electron chi connectivity index (χ2n) is 4.79. The van der Waals surface area contributed by atoms with Gasteiger partial charge in [-0.15, -0.1) is 11.3 Å². The first-order chi connectivity index (χ1) is 9.63. The highest BCUT2D eigenvalue weighted by atomic mass is 32.1. The van der Waals surface area contributed by atoms with Crippen molar-refractivity contribution in [1.82, 2.24) is 9.97 Å². The molecule has 0 saturated heterocycles. The van der Waals surface area contributed by atoms with Crippen LogP contribution in [0.3, 0.4) is 0 Å². The highest BCUT2D eigenvalue weighted by Crippen LogP contribution is 2.29. The van der Waals surface area contributed by atoms with E-state index in [-0.39, 0.29) is 0 Å². The summed E-state index contributed by atoms with van der Waals surface area (Å²) in [6.45, 7) is 4.17. The van der Waals surface area contributed by atoms with E-state index in [9.17, 15) is 0 Å². The van der Waals surface area contributed by atoms with Crippen molar-refractivity contribution in [3.8, 4) is 21.8 Å². The summed E-state index contributed by atoms with van der Waals surface area (Å²) in [5.74, 6) is 0.311. The van der Waals surface area contributed by atoms with E-state index >= 15 is 0 Å². The fourth-order valence-electron chi connectivity index (χ4n) is 2.26. The summed E-state index contributed by atoms with van der Waals surface area (Å²) in [4.78, 5) is 9.80. The molecular formula is C16H15N3S. The largest absolute Gasteiger partial charge is 0.368 e. The summed E-state index contributed by atoms with van der Waals surface area (Å²) in [5.41, 5.74) is 11.2. The predicted molar refractivity (Wildman–Crippen MR) is 84.7 cm³/mol. The third kappa shape index (κ3) is 2.42. The van der Waals surface area contributed by atoms with Crippen molar-refractivity contribution in [2.45, 2.75) is 13.8 Å². The van der Waals surface area contributed by atoms with E-state index in [0.29, 0.717) is 5.95 Å². The molecule has 2 heterocycles. The molecule has 0 spiro atoms. The third-order valence-corrected chi connectivity index (χ3v) is 4.07. The Bertz CT molecular complexity index is 748. The lowest BCUT2D eigenvalue weighted by atomic mass is 10.0. The Kier molecular flexibility index (Phi) is 3.24. The molecule has 20 heavy (non-hydrogen) atoms. The molecule has 3 nitrogen and oxygen atoms in total. The molecule has 0 unspecified atom stereocenters. The van der Waals surface area contributed by atoms with E-state index in [4.69, 9.17) is 5.73 Å².